The number of anilines is 1. The Morgan fingerprint density at radius 3 is 2.50 bits per heavy atom. The summed E-state index contributed by atoms with van der Waals surface area (Å²) in [6.45, 7) is 11.8. The number of carboxylic acid groups (broad SMARTS) is 1. The van der Waals surface area contributed by atoms with E-state index in [1.54, 1.807) is 6.08 Å². The zero-order valence-corrected chi connectivity index (χ0v) is 19.4. The van der Waals surface area contributed by atoms with Crippen molar-refractivity contribution in [1.29, 1.82) is 0 Å². The van der Waals surface area contributed by atoms with Gasteiger partial charge in [-0.15, -0.1) is 0 Å². The minimum absolute atomic E-state index is 0.143. The monoisotopic (exact) mass is 452 g/mol. The molecule has 2 N–H and O–H groups in total. The maximum absolute atomic E-state index is 12.6. The Morgan fingerprint density at radius 2 is 1.91 bits per heavy atom. The highest BCUT2D eigenvalue weighted by atomic mass is 35.5. The topological polar surface area (TPSA) is 69.6 Å². The first-order valence-electron chi connectivity index (χ1n) is 10.6. The number of nitrogens with one attached hydrogen (secondary N) is 1. The summed E-state index contributed by atoms with van der Waals surface area (Å²) in [5.41, 5.74) is 4.97. The quantitative estimate of drug-likeness (QED) is 0.436. The zero-order valence-electron chi connectivity index (χ0n) is 18.7. The number of halogens is 1. The number of rotatable bonds is 7. The Bertz CT molecular complexity index is 1060. The van der Waals surface area contributed by atoms with Crippen molar-refractivity contribution in [2.75, 3.05) is 18.4 Å². The van der Waals surface area contributed by atoms with Crippen molar-refractivity contribution < 1.29 is 14.7 Å². The fourth-order valence-corrected chi connectivity index (χ4v) is 4.11. The second-order valence-corrected chi connectivity index (χ2v) is 8.99. The first kappa shape index (κ1) is 23.8. The van der Waals surface area contributed by atoms with Crippen molar-refractivity contribution in [2.24, 2.45) is 11.8 Å². The van der Waals surface area contributed by atoms with Crippen LogP contribution in [0.25, 0.3) is 5.57 Å². The van der Waals surface area contributed by atoms with Gasteiger partial charge in [-0.2, -0.15) is 0 Å². The summed E-state index contributed by atoms with van der Waals surface area (Å²) >= 11 is 6.20. The number of hydrogen-bond acceptors (Lipinski definition) is 3. The molecular formula is C26H29ClN2O3. The Morgan fingerprint density at radius 1 is 1.22 bits per heavy atom. The lowest BCUT2D eigenvalue weighted by Gasteiger charge is -2.15. The van der Waals surface area contributed by atoms with Gasteiger partial charge < -0.3 is 10.4 Å². The Labute approximate surface area is 194 Å². The van der Waals surface area contributed by atoms with Gasteiger partial charge in [0.15, 0.2) is 0 Å². The van der Waals surface area contributed by atoms with E-state index < -0.39 is 5.97 Å². The molecule has 2 aromatic rings. The number of likely N-dealkylation sites (tertiary alicyclic amines) is 1. The maximum Gasteiger partial charge on any atom is 0.308 e. The third kappa shape index (κ3) is 5.87. The van der Waals surface area contributed by atoms with Crippen LogP contribution in [0.1, 0.15) is 30.5 Å². The molecule has 2 unspecified atom stereocenters. The number of nitrogens with zero attached hydrogens (tertiary/aromatic N) is 1. The molecule has 32 heavy (non-hydrogen) atoms. The van der Waals surface area contributed by atoms with E-state index in [-0.39, 0.29) is 17.7 Å². The first-order chi connectivity index (χ1) is 15.1. The highest BCUT2D eigenvalue weighted by Gasteiger charge is 2.34. The number of hydrogen-bond donors (Lipinski definition) is 2. The molecule has 0 aliphatic carbocycles. The van der Waals surface area contributed by atoms with Gasteiger partial charge >= 0.3 is 5.97 Å². The predicted molar refractivity (Wildman–Crippen MR) is 130 cm³/mol. The molecule has 0 bridgehead atoms. The highest BCUT2D eigenvalue weighted by Crippen LogP contribution is 2.25. The van der Waals surface area contributed by atoms with Crippen LogP contribution in [0.4, 0.5) is 5.69 Å². The summed E-state index contributed by atoms with van der Waals surface area (Å²) in [7, 11) is 0. The Kier molecular flexibility index (Phi) is 7.54. The highest BCUT2D eigenvalue weighted by molar-refractivity contribution is 6.31. The first-order valence-corrected chi connectivity index (χ1v) is 11.0. The Hall–Kier alpha value is -2.89. The van der Waals surface area contributed by atoms with Crippen LogP contribution in [-0.4, -0.2) is 35.0 Å². The zero-order chi connectivity index (χ0) is 23.4. The fraction of sp³-hybridized carbons (Fsp3) is 0.308. The average molecular weight is 453 g/mol. The average Bonchev–Trinajstić information content (AvgIpc) is 3.11. The van der Waals surface area contributed by atoms with Gasteiger partial charge in [-0.25, -0.2) is 0 Å². The summed E-state index contributed by atoms with van der Waals surface area (Å²) in [6, 6.07) is 13.4. The molecule has 2 atom stereocenters. The van der Waals surface area contributed by atoms with E-state index in [0.29, 0.717) is 29.4 Å². The molecule has 3 rings (SSSR count). The number of amides is 1. The lowest BCUT2D eigenvalue weighted by atomic mass is 9.99. The van der Waals surface area contributed by atoms with E-state index in [2.05, 4.69) is 16.8 Å². The van der Waals surface area contributed by atoms with Gasteiger partial charge in [0.25, 0.3) is 5.91 Å². The van der Waals surface area contributed by atoms with Gasteiger partial charge in [-0.1, -0.05) is 49.4 Å². The fourth-order valence-electron chi connectivity index (χ4n) is 3.93. The van der Waals surface area contributed by atoms with Gasteiger partial charge in [-0.05, 0) is 66.3 Å². The summed E-state index contributed by atoms with van der Waals surface area (Å²) in [5.74, 6) is -1.17. The maximum atomic E-state index is 12.6. The molecule has 1 aliphatic heterocycles. The molecular weight excluding hydrogens is 424 g/mol. The molecule has 1 aliphatic rings. The van der Waals surface area contributed by atoms with Crippen molar-refractivity contribution in [3.63, 3.8) is 0 Å². The van der Waals surface area contributed by atoms with Crippen LogP contribution in [0.5, 0.6) is 0 Å². The van der Waals surface area contributed by atoms with E-state index in [4.69, 9.17) is 11.6 Å². The van der Waals surface area contributed by atoms with Crippen molar-refractivity contribution in [3.8, 4) is 0 Å². The molecule has 5 nitrogen and oxygen atoms in total. The van der Waals surface area contributed by atoms with Crippen LogP contribution in [0.2, 0.25) is 5.02 Å². The van der Waals surface area contributed by atoms with E-state index in [1.807, 2.05) is 63.2 Å². The lowest BCUT2D eigenvalue weighted by molar-refractivity contribution is -0.142. The van der Waals surface area contributed by atoms with Crippen molar-refractivity contribution in [2.45, 2.75) is 27.3 Å². The molecule has 0 saturated carbocycles. The molecule has 0 aromatic heterocycles. The number of allylic oxidation sites excluding steroid dienone is 1. The summed E-state index contributed by atoms with van der Waals surface area (Å²) < 4.78 is 0. The molecule has 1 amide bonds. The number of aryl methyl sites for hydroxylation is 1. The van der Waals surface area contributed by atoms with Crippen molar-refractivity contribution >= 4 is 34.7 Å². The molecule has 6 heteroatoms. The number of carbonyl (C=O) groups excluding carboxylic acids is 1. The Balaban J connectivity index is 1.57. The second-order valence-electron chi connectivity index (χ2n) is 8.58. The third-order valence-corrected chi connectivity index (χ3v) is 6.34. The molecule has 1 saturated heterocycles. The third-order valence-electron chi connectivity index (χ3n) is 5.93. The summed E-state index contributed by atoms with van der Waals surface area (Å²) in [4.78, 5) is 26.0. The molecule has 168 valence electrons. The van der Waals surface area contributed by atoms with Crippen LogP contribution < -0.4 is 5.32 Å². The largest absolute Gasteiger partial charge is 0.481 e. The predicted octanol–water partition coefficient (Wildman–Crippen LogP) is 5.40. The van der Waals surface area contributed by atoms with Crippen molar-refractivity contribution in [3.05, 3.63) is 82.4 Å². The second kappa shape index (κ2) is 10.2. The minimum atomic E-state index is -0.729. The SMILES string of the molecule is C=C(/C=C(\C)c1ccc(C)c(Cl)c1)C(=O)Nc1ccc(CN2CC(C)C(C(=O)O)C2)cc1. The van der Waals surface area contributed by atoms with Crippen LogP contribution in [0.3, 0.4) is 0 Å². The van der Waals surface area contributed by atoms with Gasteiger partial charge in [-0.3, -0.25) is 14.5 Å². The van der Waals surface area contributed by atoms with Gasteiger partial charge in [0.1, 0.15) is 0 Å². The molecule has 1 fully saturated rings. The number of carboxylic acids is 1. The van der Waals surface area contributed by atoms with Crippen LogP contribution in [-0.2, 0) is 16.1 Å². The van der Waals surface area contributed by atoms with Gasteiger partial charge in [0, 0.05) is 35.9 Å². The number of benzene rings is 2. The smallest absolute Gasteiger partial charge is 0.308 e. The van der Waals surface area contributed by atoms with Crippen LogP contribution in [0.15, 0.2) is 60.7 Å². The normalized spacial score (nSPS) is 19.1. The summed E-state index contributed by atoms with van der Waals surface area (Å²) in [6.07, 6.45) is 1.75. The standard InChI is InChI=1S/C26H29ClN2O3/c1-16-5-8-21(12-24(16)27)17(2)11-18(3)25(30)28-22-9-6-20(7-10-22)14-29-13-19(4)23(15-29)26(31)32/h5-12,19,23H,3,13-15H2,1-2,4H3,(H,28,30)(H,31,32)/b17-11+. The number of carbonyl (C=O) groups is 2. The molecule has 0 radical (unpaired) electrons. The van der Waals surface area contributed by atoms with Gasteiger partial charge in [0.2, 0.25) is 0 Å². The van der Waals surface area contributed by atoms with E-state index >= 15 is 0 Å². The van der Waals surface area contributed by atoms with E-state index in [9.17, 15) is 14.7 Å². The molecule has 1 heterocycles. The minimum Gasteiger partial charge on any atom is -0.481 e. The van der Waals surface area contributed by atoms with E-state index in [0.717, 1.165) is 28.8 Å². The van der Waals surface area contributed by atoms with Crippen LogP contribution >= 0.6 is 11.6 Å². The summed E-state index contributed by atoms with van der Waals surface area (Å²) in [5, 5.41) is 12.8. The van der Waals surface area contributed by atoms with Crippen molar-refractivity contribution in [1.82, 2.24) is 4.90 Å². The lowest BCUT2D eigenvalue weighted by Crippen LogP contribution is -2.23. The molecule has 0 spiro atoms. The van der Waals surface area contributed by atoms with Crippen LogP contribution in [0, 0.1) is 18.8 Å². The molecule has 2 aromatic carbocycles. The van der Waals surface area contributed by atoms with Gasteiger partial charge in [0.05, 0.1) is 5.92 Å². The van der Waals surface area contributed by atoms with E-state index in [1.165, 1.54) is 0 Å². The number of aliphatic carboxylic acids is 1.